The number of hydrogen-bond acceptors (Lipinski definition) is 5. The van der Waals surface area contributed by atoms with Crippen LogP contribution in [0.5, 0.6) is 5.75 Å². The first kappa shape index (κ1) is 27.1. The van der Waals surface area contributed by atoms with Crippen molar-refractivity contribution in [2.24, 2.45) is 0 Å². The predicted octanol–water partition coefficient (Wildman–Crippen LogP) is 4.60. The number of aliphatic hydroxyl groups is 2. The maximum absolute atomic E-state index is 14.6. The van der Waals surface area contributed by atoms with Crippen LogP contribution >= 0.6 is 0 Å². The average Bonchev–Trinajstić information content (AvgIpc) is 3.55. The highest BCUT2D eigenvalue weighted by atomic mass is 19.1. The molecule has 34 heavy (non-hydrogen) atoms. The van der Waals surface area contributed by atoms with Gasteiger partial charge in [0.1, 0.15) is 29.6 Å². The van der Waals surface area contributed by atoms with Gasteiger partial charge in [0.15, 0.2) is 0 Å². The van der Waals surface area contributed by atoms with Crippen LogP contribution in [0.2, 0.25) is 0 Å². The Balaban J connectivity index is 0.000000970. The lowest BCUT2D eigenvalue weighted by molar-refractivity contribution is 0.141. The third-order valence-electron chi connectivity index (χ3n) is 4.94. The van der Waals surface area contributed by atoms with Crippen molar-refractivity contribution in [2.75, 3.05) is 20.3 Å². The van der Waals surface area contributed by atoms with Crippen LogP contribution in [0.25, 0.3) is 11.1 Å². The van der Waals surface area contributed by atoms with E-state index in [2.05, 4.69) is 16.8 Å². The van der Waals surface area contributed by atoms with Crippen LogP contribution < -0.4 is 4.74 Å². The second-order valence-corrected chi connectivity index (χ2v) is 7.21. The van der Waals surface area contributed by atoms with Crippen molar-refractivity contribution in [1.29, 1.82) is 0 Å². The van der Waals surface area contributed by atoms with Gasteiger partial charge in [-0.3, -0.25) is 0 Å². The van der Waals surface area contributed by atoms with Gasteiger partial charge in [0.25, 0.3) is 0 Å². The first-order valence-corrected chi connectivity index (χ1v) is 11.4. The molecule has 2 atom stereocenters. The number of aromatic nitrogens is 2. The molecule has 1 aliphatic rings. The first-order valence-electron chi connectivity index (χ1n) is 11.4. The van der Waals surface area contributed by atoms with Gasteiger partial charge in [-0.25, -0.2) is 9.37 Å². The van der Waals surface area contributed by atoms with Crippen molar-refractivity contribution in [3.05, 3.63) is 72.1 Å². The summed E-state index contributed by atoms with van der Waals surface area (Å²) < 4.78 is 27.5. The number of aliphatic hydroxyl groups excluding tert-OH is 2. The highest BCUT2D eigenvalue weighted by Gasteiger charge is 2.17. The Morgan fingerprint density at radius 1 is 1.18 bits per heavy atom. The number of rotatable bonds is 5. The van der Waals surface area contributed by atoms with E-state index in [4.69, 9.17) is 14.6 Å². The number of imidazole rings is 1. The molecule has 6 nitrogen and oxygen atoms in total. The van der Waals surface area contributed by atoms with Gasteiger partial charge in [0.05, 0.1) is 25.3 Å². The van der Waals surface area contributed by atoms with Gasteiger partial charge in [0, 0.05) is 25.9 Å². The Hall–Kier alpha value is -3.18. The van der Waals surface area contributed by atoms with Crippen LogP contribution in [0.3, 0.4) is 0 Å². The monoisotopic (exact) mass is 468 g/mol. The number of halogens is 1. The minimum absolute atomic E-state index is 0.102. The fourth-order valence-electron chi connectivity index (χ4n) is 3.36. The molecule has 182 valence electrons. The van der Waals surface area contributed by atoms with Crippen molar-refractivity contribution in [3.63, 3.8) is 0 Å². The minimum Gasteiger partial charge on any atom is -0.488 e. The fourth-order valence-corrected chi connectivity index (χ4v) is 3.36. The number of benzene rings is 2. The number of hydrogen-bond donors (Lipinski definition) is 2. The smallest absolute Gasteiger partial charge is 0.139 e. The lowest BCUT2D eigenvalue weighted by Crippen LogP contribution is -2.15. The van der Waals surface area contributed by atoms with E-state index >= 15 is 0 Å². The molecule has 0 bridgehead atoms. The zero-order valence-electron chi connectivity index (χ0n) is 20.2. The lowest BCUT2D eigenvalue weighted by Gasteiger charge is -2.12. The summed E-state index contributed by atoms with van der Waals surface area (Å²) in [5.74, 6) is 6.74. The SMILES string of the molecule is CC.CC(O)c1nccn1CC#Cc1ccc(-c2ccc(O[C@H]3CCOC3)cc2)cc1F.CO. The van der Waals surface area contributed by atoms with E-state index in [9.17, 15) is 9.50 Å². The van der Waals surface area contributed by atoms with Crippen LogP contribution in [0.1, 0.15) is 44.7 Å². The van der Waals surface area contributed by atoms with Gasteiger partial charge in [-0.2, -0.15) is 0 Å². The van der Waals surface area contributed by atoms with Crippen molar-refractivity contribution in [1.82, 2.24) is 9.55 Å². The second-order valence-electron chi connectivity index (χ2n) is 7.21. The van der Waals surface area contributed by atoms with Crippen molar-refractivity contribution < 1.29 is 24.1 Å². The van der Waals surface area contributed by atoms with E-state index in [0.717, 1.165) is 37.0 Å². The molecule has 0 saturated carbocycles. The number of nitrogens with zero attached hydrogens (tertiary/aromatic N) is 2. The Labute approximate surface area is 201 Å². The van der Waals surface area contributed by atoms with Gasteiger partial charge in [-0.15, -0.1) is 0 Å². The van der Waals surface area contributed by atoms with Crippen LogP contribution in [0, 0.1) is 17.7 Å². The van der Waals surface area contributed by atoms with Gasteiger partial charge >= 0.3 is 0 Å². The Kier molecular flexibility index (Phi) is 11.3. The Morgan fingerprint density at radius 3 is 2.50 bits per heavy atom. The predicted molar refractivity (Wildman–Crippen MR) is 131 cm³/mol. The third-order valence-corrected chi connectivity index (χ3v) is 4.94. The average molecular weight is 469 g/mol. The highest BCUT2D eigenvalue weighted by molar-refractivity contribution is 5.65. The molecule has 7 heteroatoms. The molecule has 1 saturated heterocycles. The summed E-state index contributed by atoms with van der Waals surface area (Å²) in [6.07, 6.45) is 3.67. The Morgan fingerprint density at radius 2 is 1.88 bits per heavy atom. The molecule has 1 aromatic heterocycles. The Bertz CT molecular complexity index is 1060. The molecule has 0 radical (unpaired) electrons. The molecule has 1 unspecified atom stereocenters. The molecule has 0 spiro atoms. The normalized spacial score (nSPS) is 15.1. The van der Waals surface area contributed by atoms with E-state index in [1.54, 1.807) is 30.0 Å². The zero-order chi connectivity index (χ0) is 24.9. The molecule has 3 aromatic rings. The zero-order valence-corrected chi connectivity index (χ0v) is 20.2. The summed E-state index contributed by atoms with van der Waals surface area (Å²) in [5, 5.41) is 16.7. The summed E-state index contributed by atoms with van der Waals surface area (Å²) in [6.45, 7) is 7.33. The summed E-state index contributed by atoms with van der Waals surface area (Å²) >= 11 is 0. The molecule has 2 heterocycles. The van der Waals surface area contributed by atoms with E-state index < -0.39 is 6.10 Å². The number of ether oxygens (including phenoxy) is 2. The van der Waals surface area contributed by atoms with Crippen molar-refractivity contribution in [2.45, 2.75) is 45.9 Å². The fraction of sp³-hybridized carbons (Fsp3) is 0.370. The standard InChI is InChI=1S/C24H23FN2O3.C2H6.CH4O/c1-17(28)24-26-11-13-27(24)12-2-3-19-4-5-20(15-23(19)25)18-6-8-21(9-7-18)30-22-10-14-29-16-22;2*1-2/h4-9,11,13,15,17,22,28H,10,12,14,16H2,1H3;1-2H3;2H,1H3/t17?,22-;;/m0../s1. The molecule has 0 aliphatic carbocycles. The molecular formula is C27H33FN2O4. The van der Waals surface area contributed by atoms with Crippen LogP contribution in [0.15, 0.2) is 54.9 Å². The van der Waals surface area contributed by atoms with E-state index in [1.165, 1.54) is 6.07 Å². The van der Waals surface area contributed by atoms with Crippen molar-refractivity contribution >= 4 is 0 Å². The quantitative estimate of drug-likeness (QED) is 0.536. The molecular weight excluding hydrogens is 435 g/mol. The van der Waals surface area contributed by atoms with Gasteiger partial charge < -0.3 is 24.3 Å². The van der Waals surface area contributed by atoms with Crippen LogP contribution in [-0.2, 0) is 11.3 Å². The van der Waals surface area contributed by atoms with Gasteiger partial charge in [0.2, 0.25) is 0 Å². The van der Waals surface area contributed by atoms with E-state index in [0.29, 0.717) is 24.5 Å². The lowest BCUT2D eigenvalue weighted by atomic mass is 10.0. The van der Waals surface area contributed by atoms with Crippen LogP contribution in [0.4, 0.5) is 4.39 Å². The van der Waals surface area contributed by atoms with Gasteiger partial charge in [-0.05, 0) is 42.3 Å². The van der Waals surface area contributed by atoms with Crippen molar-refractivity contribution in [3.8, 4) is 28.7 Å². The molecule has 2 N–H and O–H groups in total. The van der Waals surface area contributed by atoms with Gasteiger partial charge in [-0.1, -0.05) is 43.9 Å². The molecule has 1 fully saturated rings. The summed E-state index contributed by atoms with van der Waals surface area (Å²) in [4.78, 5) is 4.09. The largest absolute Gasteiger partial charge is 0.488 e. The molecule has 2 aromatic carbocycles. The van der Waals surface area contributed by atoms with Crippen LogP contribution in [-0.4, -0.2) is 46.2 Å². The van der Waals surface area contributed by atoms with E-state index in [-0.39, 0.29) is 11.9 Å². The molecule has 1 aliphatic heterocycles. The summed E-state index contributed by atoms with van der Waals surface area (Å²) in [7, 11) is 1.00. The maximum atomic E-state index is 14.6. The second kappa shape index (κ2) is 14.2. The minimum atomic E-state index is -0.680. The third kappa shape index (κ3) is 7.42. The highest BCUT2D eigenvalue weighted by Crippen LogP contribution is 2.25. The summed E-state index contributed by atoms with van der Waals surface area (Å²) in [5.41, 5.74) is 2.02. The van der Waals surface area contributed by atoms with E-state index in [1.807, 2.05) is 44.2 Å². The first-order chi connectivity index (χ1) is 16.6. The maximum Gasteiger partial charge on any atom is 0.139 e. The molecule has 0 amide bonds. The topological polar surface area (TPSA) is 76.7 Å². The summed E-state index contributed by atoms with van der Waals surface area (Å²) in [6, 6.07) is 12.6. The molecule has 4 rings (SSSR count).